The Labute approximate surface area is 176 Å². The molecule has 0 spiro atoms. The van der Waals surface area contributed by atoms with Gasteiger partial charge in [0.2, 0.25) is 0 Å². The molecule has 1 aromatic heterocycles. The maximum Gasteiger partial charge on any atom is 0.161 e. The van der Waals surface area contributed by atoms with Crippen LogP contribution in [0.15, 0.2) is 54.7 Å². The fourth-order valence-electron chi connectivity index (χ4n) is 3.64. The molecule has 3 N–H and O–H groups in total. The highest BCUT2D eigenvalue weighted by atomic mass is 35.5. The molecule has 1 aliphatic rings. The lowest BCUT2D eigenvalue weighted by atomic mass is 10.1. The number of hydrogen-bond donors (Lipinski definition) is 2. The highest BCUT2D eigenvalue weighted by molar-refractivity contribution is 6.31. The maximum atomic E-state index is 6.33. The molecule has 1 saturated heterocycles. The van der Waals surface area contributed by atoms with E-state index < -0.39 is 0 Å². The fraction of sp³-hybridized carbons (Fsp3) is 0.304. The first-order valence-corrected chi connectivity index (χ1v) is 10.4. The lowest BCUT2D eigenvalue weighted by Crippen LogP contribution is -2.25. The van der Waals surface area contributed by atoms with Gasteiger partial charge in [-0.25, -0.2) is 9.97 Å². The minimum atomic E-state index is 0.511. The summed E-state index contributed by atoms with van der Waals surface area (Å²) >= 11 is 6.33. The number of aryl methyl sites for hydroxylation is 1. The number of halogens is 1. The van der Waals surface area contributed by atoms with Crippen molar-refractivity contribution in [2.75, 3.05) is 29.9 Å². The van der Waals surface area contributed by atoms with Crippen molar-refractivity contribution in [2.45, 2.75) is 19.9 Å². The van der Waals surface area contributed by atoms with Crippen molar-refractivity contribution in [3.05, 3.63) is 70.9 Å². The number of nitrogens with two attached hydrogens (primary N) is 1. The van der Waals surface area contributed by atoms with Crippen molar-refractivity contribution < 1.29 is 0 Å². The standard InChI is InChI=1S/C23H26ClN5/c1-16-7-8-18(11-21(16)24)22-27-14-19(13-26-20-5-3-2-4-6-20)23(28-22)29-10-9-17(12-25)15-29/h2-8,11,14,17,26H,9-10,12-13,15,25H2,1H3. The molecule has 0 aliphatic carbocycles. The molecule has 0 bridgehead atoms. The van der Waals surface area contributed by atoms with Gasteiger partial charge in [0.25, 0.3) is 0 Å². The van der Waals surface area contributed by atoms with Gasteiger partial charge < -0.3 is 16.0 Å². The molecule has 2 heterocycles. The normalized spacial score (nSPS) is 16.2. The molecule has 1 atom stereocenters. The van der Waals surface area contributed by atoms with Crippen molar-refractivity contribution in [1.82, 2.24) is 9.97 Å². The Kier molecular flexibility index (Phi) is 5.97. The Morgan fingerprint density at radius 2 is 2.03 bits per heavy atom. The summed E-state index contributed by atoms with van der Waals surface area (Å²) in [7, 11) is 0. The number of aromatic nitrogens is 2. The second kappa shape index (κ2) is 8.80. The summed E-state index contributed by atoms with van der Waals surface area (Å²) < 4.78 is 0. The number of rotatable bonds is 6. The maximum absolute atomic E-state index is 6.33. The highest BCUT2D eigenvalue weighted by Gasteiger charge is 2.25. The summed E-state index contributed by atoms with van der Waals surface area (Å²) in [6.07, 6.45) is 3.02. The first-order valence-electron chi connectivity index (χ1n) is 10.0. The van der Waals surface area contributed by atoms with E-state index in [1.807, 2.05) is 49.5 Å². The molecular formula is C23H26ClN5. The second-order valence-electron chi connectivity index (χ2n) is 7.56. The third-order valence-corrected chi connectivity index (χ3v) is 5.85. The SMILES string of the molecule is Cc1ccc(-c2ncc(CNc3ccccc3)c(N3CCC(CN)C3)n2)cc1Cl. The van der Waals surface area contributed by atoms with E-state index in [1.54, 1.807) is 0 Å². The van der Waals surface area contributed by atoms with E-state index in [0.29, 0.717) is 24.8 Å². The summed E-state index contributed by atoms with van der Waals surface area (Å²) in [5, 5.41) is 4.20. The molecule has 6 heteroatoms. The van der Waals surface area contributed by atoms with Crippen LogP contribution in [0.4, 0.5) is 11.5 Å². The van der Waals surface area contributed by atoms with E-state index in [-0.39, 0.29) is 0 Å². The quantitative estimate of drug-likeness (QED) is 0.629. The van der Waals surface area contributed by atoms with E-state index in [1.165, 1.54) is 0 Å². The largest absolute Gasteiger partial charge is 0.381 e. The zero-order chi connectivity index (χ0) is 20.2. The lowest BCUT2D eigenvalue weighted by Gasteiger charge is -2.22. The van der Waals surface area contributed by atoms with Gasteiger partial charge in [0.1, 0.15) is 5.82 Å². The number of para-hydroxylation sites is 1. The van der Waals surface area contributed by atoms with Crippen LogP contribution in [0.25, 0.3) is 11.4 Å². The minimum absolute atomic E-state index is 0.511. The van der Waals surface area contributed by atoms with Gasteiger partial charge in [-0.05, 0) is 49.6 Å². The molecule has 1 unspecified atom stereocenters. The fourth-order valence-corrected chi connectivity index (χ4v) is 3.82. The number of hydrogen-bond acceptors (Lipinski definition) is 5. The van der Waals surface area contributed by atoms with E-state index in [4.69, 9.17) is 22.3 Å². The van der Waals surface area contributed by atoms with Crippen LogP contribution >= 0.6 is 11.6 Å². The van der Waals surface area contributed by atoms with Crippen molar-refractivity contribution in [3.63, 3.8) is 0 Å². The summed E-state index contributed by atoms with van der Waals surface area (Å²) in [6.45, 7) is 5.26. The molecule has 150 valence electrons. The Balaban J connectivity index is 1.65. The van der Waals surface area contributed by atoms with E-state index in [2.05, 4.69) is 27.3 Å². The van der Waals surface area contributed by atoms with Gasteiger partial charge in [-0.15, -0.1) is 0 Å². The molecule has 4 rings (SSSR count). The molecule has 29 heavy (non-hydrogen) atoms. The third kappa shape index (κ3) is 4.52. The summed E-state index contributed by atoms with van der Waals surface area (Å²) in [5.41, 5.74) is 10.0. The van der Waals surface area contributed by atoms with Crippen LogP contribution in [-0.2, 0) is 6.54 Å². The van der Waals surface area contributed by atoms with Crippen LogP contribution in [0.3, 0.4) is 0 Å². The second-order valence-corrected chi connectivity index (χ2v) is 7.97. The molecule has 0 radical (unpaired) electrons. The Morgan fingerprint density at radius 1 is 1.21 bits per heavy atom. The van der Waals surface area contributed by atoms with Gasteiger partial charge >= 0.3 is 0 Å². The predicted octanol–water partition coefficient (Wildman–Crippen LogP) is 4.50. The highest BCUT2D eigenvalue weighted by Crippen LogP contribution is 2.29. The van der Waals surface area contributed by atoms with Crippen molar-refractivity contribution in [1.29, 1.82) is 0 Å². The first kappa shape index (κ1) is 19.7. The summed E-state index contributed by atoms with van der Waals surface area (Å²) in [4.78, 5) is 11.9. The van der Waals surface area contributed by atoms with Gasteiger partial charge in [-0.3, -0.25) is 0 Å². The number of nitrogens with zero attached hydrogens (tertiary/aromatic N) is 3. The summed E-state index contributed by atoms with van der Waals surface area (Å²) in [6, 6.07) is 16.1. The molecule has 3 aromatic rings. The van der Waals surface area contributed by atoms with E-state index >= 15 is 0 Å². The Hall–Kier alpha value is -2.63. The first-order chi connectivity index (χ1) is 14.1. The van der Waals surface area contributed by atoms with Gasteiger partial charge in [0.05, 0.1) is 0 Å². The molecular weight excluding hydrogens is 382 g/mol. The lowest BCUT2D eigenvalue weighted by molar-refractivity contribution is 0.602. The zero-order valence-electron chi connectivity index (χ0n) is 16.6. The monoisotopic (exact) mass is 407 g/mol. The number of anilines is 2. The Bertz CT molecular complexity index is 976. The topological polar surface area (TPSA) is 67.1 Å². The van der Waals surface area contributed by atoms with Crippen LogP contribution in [0.1, 0.15) is 17.5 Å². The minimum Gasteiger partial charge on any atom is -0.381 e. The van der Waals surface area contributed by atoms with Crippen LogP contribution in [0, 0.1) is 12.8 Å². The molecule has 0 amide bonds. The van der Waals surface area contributed by atoms with Crippen molar-refractivity contribution >= 4 is 23.1 Å². The Morgan fingerprint density at radius 3 is 2.76 bits per heavy atom. The summed E-state index contributed by atoms with van der Waals surface area (Å²) in [5.74, 6) is 2.19. The predicted molar refractivity (Wildman–Crippen MR) is 120 cm³/mol. The van der Waals surface area contributed by atoms with Crippen LogP contribution in [0.5, 0.6) is 0 Å². The van der Waals surface area contributed by atoms with Crippen LogP contribution in [0.2, 0.25) is 5.02 Å². The zero-order valence-corrected chi connectivity index (χ0v) is 17.4. The van der Waals surface area contributed by atoms with Gasteiger partial charge in [0, 0.05) is 47.7 Å². The van der Waals surface area contributed by atoms with Crippen LogP contribution < -0.4 is 16.0 Å². The van der Waals surface area contributed by atoms with Gasteiger partial charge in [-0.1, -0.05) is 41.9 Å². The van der Waals surface area contributed by atoms with Crippen LogP contribution in [-0.4, -0.2) is 29.6 Å². The van der Waals surface area contributed by atoms with E-state index in [9.17, 15) is 0 Å². The molecule has 1 aliphatic heterocycles. The molecule has 5 nitrogen and oxygen atoms in total. The smallest absolute Gasteiger partial charge is 0.161 e. The van der Waals surface area contributed by atoms with Gasteiger partial charge in [0.15, 0.2) is 5.82 Å². The van der Waals surface area contributed by atoms with E-state index in [0.717, 1.165) is 52.7 Å². The van der Waals surface area contributed by atoms with Gasteiger partial charge in [-0.2, -0.15) is 0 Å². The number of benzene rings is 2. The number of nitrogens with one attached hydrogen (secondary N) is 1. The molecule has 2 aromatic carbocycles. The third-order valence-electron chi connectivity index (χ3n) is 5.45. The van der Waals surface area contributed by atoms with Crippen molar-refractivity contribution in [2.24, 2.45) is 11.7 Å². The average Bonchev–Trinajstić information content (AvgIpc) is 3.24. The van der Waals surface area contributed by atoms with Crippen molar-refractivity contribution in [3.8, 4) is 11.4 Å². The average molecular weight is 408 g/mol. The molecule has 0 saturated carbocycles. The molecule has 1 fully saturated rings.